The molecular weight excluding hydrogens is 372 g/mol. The molecule has 3 aromatic rings. The summed E-state index contributed by atoms with van der Waals surface area (Å²) in [7, 11) is 0. The van der Waals surface area contributed by atoms with E-state index in [0.29, 0.717) is 22.3 Å². The predicted molar refractivity (Wildman–Crippen MR) is 95.2 cm³/mol. The van der Waals surface area contributed by atoms with E-state index in [1.54, 1.807) is 38.2 Å². The van der Waals surface area contributed by atoms with Crippen molar-refractivity contribution in [2.75, 3.05) is 11.9 Å². The number of nitrogens with one attached hydrogen (secondary N) is 1. The maximum atomic E-state index is 12.3. The summed E-state index contributed by atoms with van der Waals surface area (Å²) in [6.07, 6.45) is 1.58. The molecule has 1 amide bonds. The number of rotatable bonds is 7. The topological polar surface area (TPSA) is 120 Å². The molecule has 0 fully saturated rings. The summed E-state index contributed by atoms with van der Waals surface area (Å²) in [6.45, 7) is 3.05. The third kappa shape index (κ3) is 5.17. The molecular formula is C17H16N4O5S. The number of hydrogen-bond donors (Lipinski definition) is 1. The fourth-order valence-electron chi connectivity index (χ4n) is 2.10. The third-order valence-electron chi connectivity index (χ3n) is 3.25. The van der Waals surface area contributed by atoms with Crippen LogP contribution in [0.1, 0.15) is 27.6 Å². The number of anilines is 1. The first-order valence-electron chi connectivity index (χ1n) is 7.91. The quantitative estimate of drug-likeness (QED) is 0.481. The van der Waals surface area contributed by atoms with Gasteiger partial charge in [-0.3, -0.25) is 4.79 Å². The number of esters is 1. The van der Waals surface area contributed by atoms with Gasteiger partial charge in [0.15, 0.2) is 12.4 Å². The highest BCUT2D eigenvalue weighted by Crippen LogP contribution is 2.24. The molecule has 0 radical (unpaired) electrons. The molecule has 3 aromatic heterocycles. The van der Waals surface area contributed by atoms with Gasteiger partial charge >= 0.3 is 5.97 Å². The smallest absolute Gasteiger partial charge is 0.341 e. The van der Waals surface area contributed by atoms with Crippen LogP contribution in [0.25, 0.3) is 0 Å². The van der Waals surface area contributed by atoms with E-state index in [1.165, 1.54) is 11.8 Å². The number of aryl methyl sites for hydroxylation is 2. The van der Waals surface area contributed by atoms with Crippen molar-refractivity contribution in [1.82, 2.24) is 15.3 Å². The molecule has 0 aliphatic carbocycles. The zero-order chi connectivity index (χ0) is 19.2. The summed E-state index contributed by atoms with van der Waals surface area (Å²) in [6, 6.07) is 6.58. The van der Waals surface area contributed by atoms with E-state index in [2.05, 4.69) is 20.6 Å². The van der Waals surface area contributed by atoms with E-state index in [1.807, 2.05) is 6.07 Å². The van der Waals surface area contributed by atoms with Crippen LogP contribution in [0.2, 0.25) is 0 Å². The van der Waals surface area contributed by atoms with Crippen molar-refractivity contribution in [2.45, 2.75) is 24.6 Å². The Morgan fingerprint density at radius 3 is 2.67 bits per heavy atom. The number of carbonyl (C=O) groups excluding carboxylic acids is 2. The Morgan fingerprint density at radius 1 is 1.19 bits per heavy atom. The van der Waals surface area contributed by atoms with Crippen LogP contribution in [-0.2, 0) is 15.3 Å². The van der Waals surface area contributed by atoms with Gasteiger partial charge in [-0.2, -0.15) is 0 Å². The van der Waals surface area contributed by atoms with Crippen LogP contribution in [-0.4, -0.2) is 33.8 Å². The van der Waals surface area contributed by atoms with Crippen molar-refractivity contribution in [1.29, 1.82) is 0 Å². The Bertz CT molecular complexity index is 952. The van der Waals surface area contributed by atoms with Crippen molar-refractivity contribution >= 4 is 29.5 Å². The molecule has 10 heteroatoms. The summed E-state index contributed by atoms with van der Waals surface area (Å²) >= 11 is 1.32. The van der Waals surface area contributed by atoms with Gasteiger partial charge in [-0.05, 0) is 26.0 Å². The van der Waals surface area contributed by atoms with Gasteiger partial charge in [0.05, 0.1) is 11.3 Å². The molecule has 0 spiro atoms. The second-order valence-electron chi connectivity index (χ2n) is 5.52. The molecule has 140 valence electrons. The Balaban J connectivity index is 1.56. The number of ether oxygens (including phenoxy) is 1. The minimum atomic E-state index is -0.645. The highest BCUT2D eigenvalue weighted by Gasteiger charge is 2.17. The molecule has 0 aliphatic heterocycles. The molecule has 0 saturated carbocycles. The molecule has 0 atom stereocenters. The van der Waals surface area contributed by atoms with Crippen LogP contribution in [0, 0.1) is 13.8 Å². The van der Waals surface area contributed by atoms with E-state index >= 15 is 0 Å². The van der Waals surface area contributed by atoms with Crippen molar-refractivity contribution in [3.8, 4) is 0 Å². The van der Waals surface area contributed by atoms with Gasteiger partial charge in [-0.25, -0.2) is 9.78 Å². The van der Waals surface area contributed by atoms with Crippen LogP contribution in [0.5, 0.6) is 0 Å². The molecule has 0 aliphatic rings. The highest BCUT2D eigenvalue weighted by molar-refractivity contribution is 7.98. The zero-order valence-electron chi connectivity index (χ0n) is 14.6. The lowest BCUT2D eigenvalue weighted by molar-refractivity contribution is -0.119. The minimum Gasteiger partial charge on any atom is -0.452 e. The second kappa shape index (κ2) is 8.49. The molecule has 27 heavy (non-hydrogen) atoms. The fourth-order valence-corrected chi connectivity index (χ4v) is 2.97. The molecule has 0 saturated heterocycles. The van der Waals surface area contributed by atoms with Gasteiger partial charge in [0.2, 0.25) is 0 Å². The van der Waals surface area contributed by atoms with E-state index < -0.39 is 18.5 Å². The molecule has 0 unspecified atom stereocenters. The van der Waals surface area contributed by atoms with E-state index in [0.717, 1.165) is 5.69 Å². The first-order valence-corrected chi connectivity index (χ1v) is 8.90. The summed E-state index contributed by atoms with van der Waals surface area (Å²) in [5, 5.41) is 10.5. The van der Waals surface area contributed by atoms with Crippen LogP contribution in [0.3, 0.4) is 0 Å². The molecule has 1 N–H and O–H groups in total. The number of amides is 1. The van der Waals surface area contributed by atoms with Crippen molar-refractivity contribution < 1.29 is 23.4 Å². The fraction of sp³-hybridized carbons (Fsp3) is 0.235. The number of aromatic nitrogens is 3. The molecule has 0 bridgehead atoms. The van der Waals surface area contributed by atoms with Gasteiger partial charge in [0.25, 0.3) is 5.91 Å². The second-order valence-corrected chi connectivity index (χ2v) is 6.48. The number of hydrogen-bond acceptors (Lipinski definition) is 9. The van der Waals surface area contributed by atoms with Gasteiger partial charge in [-0.15, -0.1) is 0 Å². The molecule has 9 nitrogen and oxygen atoms in total. The van der Waals surface area contributed by atoms with Gasteiger partial charge < -0.3 is 19.1 Å². The number of thioether (sulfide) groups is 1. The molecule has 0 aromatic carbocycles. The predicted octanol–water partition coefficient (Wildman–Crippen LogP) is 2.76. The maximum Gasteiger partial charge on any atom is 0.341 e. The van der Waals surface area contributed by atoms with Crippen LogP contribution in [0.4, 0.5) is 5.82 Å². The summed E-state index contributed by atoms with van der Waals surface area (Å²) < 4.78 is 14.9. The Morgan fingerprint density at radius 2 is 1.96 bits per heavy atom. The molecule has 3 rings (SSSR count). The first kappa shape index (κ1) is 18.6. The van der Waals surface area contributed by atoms with Gasteiger partial charge in [0.1, 0.15) is 16.5 Å². The summed E-state index contributed by atoms with van der Waals surface area (Å²) in [5.41, 5.74) is 1.01. The normalized spacial score (nSPS) is 10.6. The largest absolute Gasteiger partial charge is 0.452 e. The Hall–Kier alpha value is -3.14. The summed E-state index contributed by atoms with van der Waals surface area (Å²) in [4.78, 5) is 28.4. The number of carbonyl (C=O) groups is 2. The van der Waals surface area contributed by atoms with Crippen LogP contribution >= 0.6 is 11.8 Å². The zero-order valence-corrected chi connectivity index (χ0v) is 15.4. The average Bonchev–Trinajstić information content (AvgIpc) is 3.26. The summed E-state index contributed by atoms with van der Waals surface area (Å²) in [5.74, 6) is 0.845. The lowest BCUT2D eigenvalue weighted by Crippen LogP contribution is -2.21. The highest BCUT2D eigenvalue weighted by atomic mass is 32.2. The lowest BCUT2D eigenvalue weighted by Gasteiger charge is -2.07. The van der Waals surface area contributed by atoms with Crippen molar-refractivity contribution in [3.63, 3.8) is 0 Å². The Labute approximate surface area is 158 Å². The van der Waals surface area contributed by atoms with Crippen molar-refractivity contribution in [3.05, 3.63) is 53.2 Å². The molecule has 3 heterocycles. The number of pyridine rings is 1. The van der Waals surface area contributed by atoms with Gasteiger partial charge in [-0.1, -0.05) is 22.1 Å². The minimum absolute atomic E-state index is 0.258. The number of nitrogens with zero attached hydrogens (tertiary/aromatic N) is 3. The monoisotopic (exact) mass is 388 g/mol. The van der Waals surface area contributed by atoms with E-state index in [4.69, 9.17) is 13.8 Å². The van der Waals surface area contributed by atoms with Crippen LogP contribution in [0.15, 0.2) is 44.5 Å². The average molecular weight is 388 g/mol. The van der Waals surface area contributed by atoms with Crippen molar-refractivity contribution in [2.24, 2.45) is 0 Å². The Kier molecular flexibility index (Phi) is 5.87. The van der Waals surface area contributed by atoms with E-state index in [-0.39, 0.29) is 11.4 Å². The van der Waals surface area contributed by atoms with Gasteiger partial charge in [0, 0.05) is 24.1 Å². The van der Waals surface area contributed by atoms with E-state index in [9.17, 15) is 9.59 Å². The maximum absolute atomic E-state index is 12.3. The SMILES string of the molecule is Cc1cc(CSc2ncccc2C(=O)OCC(=O)Nc2cc(C)on2)no1. The third-order valence-corrected chi connectivity index (χ3v) is 4.29. The standard InChI is InChI=1S/C17H16N4O5S/c1-10-6-12(20-25-10)9-27-16-13(4-3-5-18-16)17(23)24-8-15(22)19-14-7-11(2)26-21-14/h3-7H,8-9H2,1-2H3,(H,19,21,22). The lowest BCUT2D eigenvalue weighted by atomic mass is 10.3. The first-order chi connectivity index (χ1) is 13.0. The van der Waals surface area contributed by atoms with Crippen LogP contribution < -0.4 is 5.32 Å².